The molecule has 1 saturated carbocycles. The van der Waals surface area contributed by atoms with Crippen LogP contribution in [0.1, 0.15) is 55.6 Å². The van der Waals surface area contributed by atoms with Crippen LogP contribution in [0.4, 0.5) is 0 Å². The van der Waals surface area contributed by atoms with Gasteiger partial charge >= 0.3 is 0 Å². The van der Waals surface area contributed by atoms with Crippen LogP contribution in [0.5, 0.6) is 0 Å². The summed E-state index contributed by atoms with van der Waals surface area (Å²) in [6, 6.07) is 8.02. The number of fused-ring (bicyclic) bond motifs is 1. The van der Waals surface area contributed by atoms with Crippen LogP contribution in [0.3, 0.4) is 0 Å². The number of aryl methyl sites for hydroxylation is 1. The summed E-state index contributed by atoms with van der Waals surface area (Å²) < 4.78 is 7.48. The smallest absolute Gasteiger partial charge is 0.254 e. The van der Waals surface area contributed by atoms with Crippen molar-refractivity contribution in [3.8, 4) is 5.95 Å². The lowest BCUT2D eigenvalue weighted by molar-refractivity contribution is -0.0640. The number of carbonyl (C=O) groups is 1. The van der Waals surface area contributed by atoms with Crippen LogP contribution in [0, 0.1) is 6.92 Å². The molecule has 0 unspecified atom stereocenters. The Hall–Kier alpha value is -2.84. The van der Waals surface area contributed by atoms with E-state index in [9.17, 15) is 9.90 Å². The molecule has 8 heteroatoms. The van der Waals surface area contributed by atoms with Gasteiger partial charge in [-0.1, -0.05) is 18.2 Å². The maximum Gasteiger partial charge on any atom is 0.254 e. The van der Waals surface area contributed by atoms with Crippen LogP contribution in [-0.2, 0) is 4.74 Å². The van der Waals surface area contributed by atoms with Gasteiger partial charge in [0.15, 0.2) is 0 Å². The van der Waals surface area contributed by atoms with Gasteiger partial charge in [0, 0.05) is 23.8 Å². The highest BCUT2D eigenvalue weighted by Gasteiger charge is 2.25. The van der Waals surface area contributed by atoms with Gasteiger partial charge in [0.2, 0.25) is 0 Å². The summed E-state index contributed by atoms with van der Waals surface area (Å²) in [5.74, 6) is 0.263. The van der Waals surface area contributed by atoms with Crippen LogP contribution >= 0.6 is 0 Å². The predicted molar refractivity (Wildman–Crippen MR) is 117 cm³/mol. The predicted octanol–water partition coefficient (Wildman–Crippen LogP) is 2.95. The van der Waals surface area contributed by atoms with E-state index in [4.69, 9.17) is 4.74 Å². The number of carbonyl (C=O) groups excluding carboxylic acids is 1. The van der Waals surface area contributed by atoms with E-state index in [-0.39, 0.29) is 18.1 Å². The highest BCUT2D eigenvalue weighted by molar-refractivity contribution is 5.93. The first-order chi connectivity index (χ1) is 14.8. The lowest BCUT2D eigenvalue weighted by Gasteiger charge is -2.30. The van der Waals surface area contributed by atoms with E-state index < -0.39 is 5.60 Å². The summed E-state index contributed by atoms with van der Waals surface area (Å²) in [6.45, 7) is 5.75. The van der Waals surface area contributed by atoms with E-state index in [0.29, 0.717) is 18.1 Å². The lowest BCUT2D eigenvalue weighted by Crippen LogP contribution is -2.40. The fourth-order valence-electron chi connectivity index (χ4n) is 3.89. The second-order valence-electron chi connectivity index (χ2n) is 8.86. The van der Waals surface area contributed by atoms with E-state index in [1.165, 1.54) is 0 Å². The third-order valence-electron chi connectivity index (χ3n) is 5.54. The number of rotatable bonds is 6. The zero-order valence-corrected chi connectivity index (χ0v) is 18.2. The average molecular weight is 424 g/mol. The molecule has 3 aromatic rings. The molecule has 31 heavy (non-hydrogen) atoms. The van der Waals surface area contributed by atoms with Gasteiger partial charge in [0.05, 0.1) is 35.1 Å². The molecule has 1 fully saturated rings. The fraction of sp³-hybridized carbons (Fsp3) is 0.478. The molecule has 1 aromatic carbocycles. The highest BCUT2D eigenvalue weighted by atomic mass is 16.5. The van der Waals surface area contributed by atoms with E-state index in [1.54, 1.807) is 30.9 Å². The number of benzene rings is 1. The standard InChI is InChI=1S/C23H29N5O3/c1-15-19-6-4-5-7-20(19)28(27-15)22-24-12-16(13-25-22)21(29)26-17-8-10-18(11-9-17)31-14-23(2,3)30/h4-7,12-13,17-18,30H,8-11,14H2,1-3H3,(H,26,29). The molecule has 0 bridgehead atoms. The van der Waals surface area contributed by atoms with E-state index >= 15 is 0 Å². The van der Waals surface area contributed by atoms with Crippen molar-refractivity contribution in [2.24, 2.45) is 0 Å². The molecular formula is C23H29N5O3. The van der Waals surface area contributed by atoms with Crippen molar-refractivity contribution >= 4 is 16.8 Å². The van der Waals surface area contributed by atoms with Gasteiger partial charge in [-0.2, -0.15) is 9.78 Å². The zero-order valence-electron chi connectivity index (χ0n) is 18.2. The second-order valence-corrected chi connectivity index (χ2v) is 8.86. The van der Waals surface area contributed by atoms with Crippen LogP contribution < -0.4 is 5.32 Å². The Bertz CT molecular complexity index is 1050. The molecule has 164 valence electrons. The van der Waals surface area contributed by atoms with Crippen molar-refractivity contribution in [3.63, 3.8) is 0 Å². The second kappa shape index (κ2) is 8.72. The van der Waals surface area contributed by atoms with Crippen molar-refractivity contribution in [1.29, 1.82) is 0 Å². The number of amides is 1. The quantitative estimate of drug-likeness (QED) is 0.632. The Labute approximate surface area is 181 Å². The largest absolute Gasteiger partial charge is 0.388 e. The Balaban J connectivity index is 1.35. The summed E-state index contributed by atoms with van der Waals surface area (Å²) in [7, 11) is 0. The normalized spacial score (nSPS) is 19.5. The van der Waals surface area contributed by atoms with Gasteiger partial charge in [-0.25, -0.2) is 9.97 Å². The highest BCUT2D eigenvalue weighted by Crippen LogP contribution is 2.23. The van der Waals surface area contributed by atoms with Crippen molar-refractivity contribution in [2.75, 3.05) is 6.61 Å². The summed E-state index contributed by atoms with van der Waals surface area (Å²) in [6.07, 6.45) is 6.64. The fourth-order valence-corrected chi connectivity index (χ4v) is 3.89. The molecule has 1 aliphatic rings. The molecule has 1 aliphatic carbocycles. The third-order valence-corrected chi connectivity index (χ3v) is 5.54. The molecular weight excluding hydrogens is 394 g/mol. The maximum atomic E-state index is 12.6. The molecule has 1 amide bonds. The molecule has 0 radical (unpaired) electrons. The lowest BCUT2D eigenvalue weighted by atomic mass is 9.92. The van der Waals surface area contributed by atoms with Gasteiger partial charge in [0.25, 0.3) is 11.9 Å². The minimum Gasteiger partial charge on any atom is -0.388 e. The van der Waals surface area contributed by atoms with Crippen LogP contribution in [0.2, 0.25) is 0 Å². The van der Waals surface area contributed by atoms with Crippen molar-refractivity contribution in [3.05, 3.63) is 47.9 Å². The number of nitrogens with zero attached hydrogens (tertiary/aromatic N) is 4. The number of aliphatic hydroxyl groups is 1. The SMILES string of the molecule is Cc1nn(-c2ncc(C(=O)NC3CCC(OCC(C)(C)O)CC3)cn2)c2ccccc12. The topological polar surface area (TPSA) is 102 Å². The molecule has 2 aromatic heterocycles. The molecule has 0 saturated heterocycles. The maximum absolute atomic E-state index is 12.6. The van der Waals surface area contributed by atoms with Crippen molar-refractivity contribution in [1.82, 2.24) is 25.1 Å². The summed E-state index contributed by atoms with van der Waals surface area (Å²) in [4.78, 5) is 21.4. The average Bonchev–Trinajstić information content (AvgIpc) is 3.10. The number of nitrogens with one attached hydrogen (secondary N) is 1. The summed E-state index contributed by atoms with van der Waals surface area (Å²) >= 11 is 0. The minimum atomic E-state index is -0.821. The van der Waals surface area contributed by atoms with Gasteiger partial charge in [0.1, 0.15) is 0 Å². The van der Waals surface area contributed by atoms with E-state index in [1.807, 2.05) is 31.2 Å². The van der Waals surface area contributed by atoms with Crippen molar-refractivity contribution in [2.45, 2.75) is 64.2 Å². The van der Waals surface area contributed by atoms with Crippen LogP contribution in [0.15, 0.2) is 36.7 Å². The zero-order chi connectivity index (χ0) is 22.0. The Morgan fingerprint density at radius 2 is 1.87 bits per heavy atom. The Morgan fingerprint density at radius 1 is 1.19 bits per heavy atom. The van der Waals surface area contributed by atoms with Gasteiger partial charge < -0.3 is 15.2 Å². The first-order valence-electron chi connectivity index (χ1n) is 10.7. The number of hydrogen-bond acceptors (Lipinski definition) is 6. The van der Waals surface area contributed by atoms with Crippen molar-refractivity contribution < 1.29 is 14.6 Å². The Kier molecular flexibility index (Phi) is 6.02. The minimum absolute atomic E-state index is 0.104. The summed E-state index contributed by atoms with van der Waals surface area (Å²) in [5, 5.41) is 18.4. The van der Waals surface area contributed by atoms with Gasteiger partial charge in [-0.05, 0) is 52.5 Å². The third kappa shape index (κ3) is 5.08. The number of hydrogen-bond donors (Lipinski definition) is 2. The van der Waals surface area contributed by atoms with E-state index in [2.05, 4.69) is 20.4 Å². The number of aromatic nitrogens is 4. The van der Waals surface area contributed by atoms with Gasteiger partial charge in [-0.3, -0.25) is 4.79 Å². The first kappa shape index (κ1) is 21.4. The van der Waals surface area contributed by atoms with Crippen LogP contribution in [0.25, 0.3) is 16.9 Å². The number of para-hydroxylation sites is 1. The van der Waals surface area contributed by atoms with Crippen LogP contribution in [-0.4, -0.2) is 55.1 Å². The van der Waals surface area contributed by atoms with E-state index in [0.717, 1.165) is 42.3 Å². The molecule has 0 aliphatic heterocycles. The first-order valence-corrected chi connectivity index (χ1v) is 10.7. The Morgan fingerprint density at radius 3 is 2.55 bits per heavy atom. The molecule has 2 N–H and O–H groups in total. The molecule has 0 spiro atoms. The number of ether oxygens (including phenoxy) is 1. The molecule has 8 nitrogen and oxygen atoms in total. The van der Waals surface area contributed by atoms with Gasteiger partial charge in [-0.15, -0.1) is 0 Å². The molecule has 4 rings (SSSR count). The monoisotopic (exact) mass is 423 g/mol. The molecule has 2 heterocycles. The summed E-state index contributed by atoms with van der Waals surface area (Å²) in [5.41, 5.74) is 1.44. The molecule has 0 atom stereocenters.